The molecule has 18 heavy (non-hydrogen) atoms. The molecule has 0 bridgehead atoms. The van der Waals surface area contributed by atoms with Crippen LogP contribution in [0.15, 0.2) is 30.3 Å². The maximum atomic E-state index is 11.2. The number of hydrogen-bond acceptors (Lipinski definition) is 4. The maximum absolute atomic E-state index is 11.2. The van der Waals surface area contributed by atoms with E-state index in [1.54, 1.807) is 25.1 Å². The minimum atomic E-state index is -2.32. The molecule has 0 amide bonds. The first kappa shape index (κ1) is 14.0. The number of benzene rings is 1. The first-order chi connectivity index (χ1) is 8.53. The lowest BCUT2D eigenvalue weighted by molar-refractivity contribution is -0.171. The van der Waals surface area contributed by atoms with E-state index >= 15 is 0 Å². The second-order valence-corrected chi connectivity index (χ2v) is 3.63. The van der Waals surface area contributed by atoms with E-state index in [1.807, 2.05) is 0 Å². The van der Waals surface area contributed by atoms with Crippen molar-refractivity contribution in [1.82, 2.24) is 5.32 Å². The number of carbonyl (C=O) groups is 2. The molecule has 0 aliphatic carbocycles. The molecular formula is C12H15NO5. The number of carboxylic acids is 2. The quantitative estimate of drug-likeness (QED) is 0.615. The summed E-state index contributed by atoms with van der Waals surface area (Å²) in [6.07, 6.45) is 0. The van der Waals surface area contributed by atoms with Crippen LogP contribution in [0, 0.1) is 0 Å². The summed E-state index contributed by atoms with van der Waals surface area (Å²) in [6, 6.07) is 8.01. The Labute approximate surface area is 104 Å². The smallest absolute Gasteiger partial charge is 0.361 e. The van der Waals surface area contributed by atoms with Crippen LogP contribution in [0.4, 0.5) is 0 Å². The lowest BCUT2D eigenvalue weighted by Gasteiger charge is -2.26. The molecule has 0 heterocycles. The molecular weight excluding hydrogens is 238 g/mol. The van der Waals surface area contributed by atoms with Gasteiger partial charge in [-0.3, -0.25) is 0 Å². The zero-order valence-electron chi connectivity index (χ0n) is 9.92. The van der Waals surface area contributed by atoms with Gasteiger partial charge in [-0.2, -0.15) is 0 Å². The topological polar surface area (TPSA) is 95.9 Å². The summed E-state index contributed by atoms with van der Waals surface area (Å²) in [5.41, 5.74) is -2.32. The van der Waals surface area contributed by atoms with Crippen LogP contribution in [0.2, 0.25) is 0 Å². The summed E-state index contributed by atoms with van der Waals surface area (Å²) in [5, 5.41) is 21.0. The van der Waals surface area contributed by atoms with E-state index in [4.69, 9.17) is 14.9 Å². The monoisotopic (exact) mass is 253 g/mol. The summed E-state index contributed by atoms with van der Waals surface area (Å²) < 4.78 is 5.17. The average Bonchev–Trinajstić information content (AvgIpc) is 2.35. The van der Waals surface area contributed by atoms with Gasteiger partial charge in [-0.05, 0) is 18.7 Å². The zero-order valence-corrected chi connectivity index (χ0v) is 9.92. The van der Waals surface area contributed by atoms with Crippen LogP contribution < -0.4 is 10.1 Å². The Morgan fingerprint density at radius 2 is 1.78 bits per heavy atom. The van der Waals surface area contributed by atoms with Crippen LogP contribution >= 0.6 is 0 Å². The molecule has 3 N–H and O–H groups in total. The highest BCUT2D eigenvalue weighted by molar-refractivity contribution is 6.02. The molecule has 0 saturated heterocycles. The van der Waals surface area contributed by atoms with Crippen LogP contribution in [0.25, 0.3) is 0 Å². The lowest BCUT2D eigenvalue weighted by atomic mass is 10.0. The summed E-state index contributed by atoms with van der Waals surface area (Å²) in [6.45, 7) is 1.88. The number of aliphatic carboxylic acids is 2. The van der Waals surface area contributed by atoms with Crippen LogP contribution in [-0.2, 0) is 9.59 Å². The molecule has 1 aromatic carbocycles. The Balaban J connectivity index is 3.02. The van der Waals surface area contributed by atoms with E-state index in [0.717, 1.165) is 0 Å². The SMILES string of the molecule is CCNCC(Oc1ccccc1)(C(=O)O)C(=O)O. The number of ether oxygens (including phenoxy) is 1. The highest BCUT2D eigenvalue weighted by Gasteiger charge is 2.49. The van der Waals surface area contributed by atoms with E-state index in [9.17, 15) is 9.59 Å². The van der Waals surface area contributed by atoms with E-state index in [-0.39, 0.29) is 12.3 Å². The van der Waals surface area contributed by atoms with Crippen LogP contribution in [0.1, 0.15) is 6.92 Å². The van der Waals surface area contributed by atoms with E-state index in [2.05, 4.69) is 5.32 Å². The number of likely N-dealkylation sites (N-methyl/N-ethyl adjacent to an activating group) is 1. The molecule has 0 aliphatic rings. The normalized spacial score (nSPS) is 10.9. The van der Waals surface area contributed by atoms with Crippen molar-refractivity contribution < 1.29 is 24.5 Å². The number of hydrogen-bond donors (Lipinski definition) is 3. The fraction of sp³-hybridized carbons (Fsp3) is 0.333. The van der Waals surface area contributed by atoms with Crippen LogP contribution in [-0.4, -0.2) is 40.8 Å². The van der Waals surface area contributed by atoms with Crippen molar-refractivity contribution in [3.8, 4) is 5.75 Å². The largest absolute Gasteiger partial charge is 0.478 e. The molecule has 0 saturated carbocycles. The van der Waals surface area contributed by atoms with Gasteiger partial charge in [0.15, 0.2) is 0 Å². The molecule has 0 aliphatic heterocycles. The van der Waals surface area contributed by atoms with Crippen molar-refractivity contribution in [2.75, 3.05) is 13.1 Å². The molecule has 1 aromatic rings. The molecule has 0 atom stereocenters. The third-order valence-corrected chi connectivity index (χ3v) is 2.35. The predicted molar refractivity (Wildman–Crippen MR) is 63.6 cm³/mol. The molecule has 1 rings (SSSR count). The molecule has 0 aromatic heterocycles. The fourth-order valence-corrected chi connectivity index (χ4v) is 1.36. The van der Waals surface area contributed by atoms with Crippen molar-refractivity contribution in [3.05, 3.63) is 30.3 Å². The molecule has 0 fully saturated rings. The van der Waals surface area contributed by atoms with E-state index < -0.39 is 17.5 Å². The predicted octanol–water partition coefficient (Wildman–Crippen LogP) is 0.583. The lowest BCUT2D eigenvalue weighted by Crippen LogP contribution is -2.58. The van der Waals surface area contributed by atoms with Gasteiger partial charge in [0, 0.05) is 0 Å². The van der Waals surface area contributed by atoms with E-state index in [1.165, 1.54) is 12.1 Å². The fourth-order valence-electron chi connectivity index (χ4n) is 1.36. The Morgan fingerprint density at radius 1 is 1.22 bits per heavy atom. The molecule has 6 heteroatoms. The number of carboxylic acid groups (broad SMARTS) is 2. The van der Waals surface area contributed by atoms with Gasteiger partial charge in [0.05, 0.1) is 6.54 Å². The van der Waals surface area contributed by atoms with Gasteiger partial charge in [-0.15, -0.1) is 0 Å². The van der Waals surface area contributed by atoms with Crippen LogP contribution in [0.3, 0.4) is 0 Å². The standard InChI is InChI=1S/C12H15NO5/c1-2-13-8-12(10(14)15,11(16)17)18-9-6-4-3-5-7-9/h3-7,13H,2,8H2,1H3,(H,14,15)(H,16,17). The Kier molecular flexibility index (Phi) is 4.67. The highest BCUT2D eigenvalue weighted by Crippen LogP contribution is 2.19. The van der Waals surface area contributed by atoms with Gasteiger partial charge in [-0.25, -0.2) is 9.59 Å². The first-order valence-electron chi connectivity index (χ1n) is 5.44. The third kappa shape index (κ3) is 2.98. The summed E-state index contributed by atoms with van der Waals surface area (Å²) in [4.78, 5) is 22.5. The zero-order chi connectivity index (χ0) is 13.6. The van der Waals surface area contributed by atoms with Gasteiger partial charge in [0.2, 0.25) is 0 Å². The van der Waals surface area contributed by atoms with Crippen molar-refractivity contribution in [2.24, 2.45) is 0 Å². The number of rotatable bonds is 7. The van der Waals surface area contributed by atoms with Gasteiger partial charge in [0.1, 0.15) is 5.75 Å². The molecule has 6 nitrogen and oxygen atoms in total. The number of nitrogens with one attached hydrogen (secondary N) is 1. The van der Waals surface area contributed by atoms with Crippen molar-refractivity contribution in [3.63, 3.8) is 0 Å². The summed E-state index contributed by atoms with van der Waals surface area (Å²) >= 11 is 0. The molecule has 0 spiro atoms. The van der Waals surface area contributed by atoms with Gasteiger partial charge >= 0.3 is 17.5 Å². The van der Waals surface area contributed by atoms with Gasteiger partial charge in [-0.1, -0.05) is 25.1 Å². The molecule has 0 unspecified atom stereocenters. The second kappa shape index (κ2) is 6.02. The Bertz CT molecular complexity index is 404. The highest BCUT2D eigenvalue weighted by atomic mass is 16.6. The minimum Gasteiger partial charge on any atom is -0.478 e. The summed E-state index contributed by atoms with van der Waals surface area (Å²) in [5.74, 6) is -2.89. The number of para-hydroxylation sites is 1. The van der Waals surface area contributed by atoms with Crippen molar-refractivity contribution >= 4 is 11.9 Å². The Hall–Kier alpha value is -2.08. The van der Waals surface area contributed by atoms with Crippen molar-refractivity contribution in [1.29, 1.82) is 0 Å². The van der Waals surface area contributed by atoms with Gasteiger partial charge < -0.3 is 20.3 Å². The van der Waals surface area contributed by atoms with E-state index in [0.29, 0.717) is 6.54 Å². The average molecular weight is 253 g/mol. The first-order valence-corrected chi connectivity index (χ1v) is 5.44. The van der Waals surface area contributed by atoms with Gasteiger partial charge in [0.25, 0.3) is 0 Å². The second-order valence-electron chi connectivity index (χ2n) is 3.63. The molecule has 98 valence electrons. The third-order valence-electron chi connectivity index (χ3n) is 2.35. The summed E-state index contributed by atoms with van der Waals surface area (Å²) in [7, 11) is 0. The van der Waals surface area contributed by atoms with Crippen molar-refractivity contribution in [2.45, 2.75) is 12.5 Å². The molecule has 0 radical (unpaired) electrons. The van der Waals surface area contributed by atoms with Crippen LogP contribution in [0.5, 0.6) is 5.75 Å². The minimum absolute atomic E-state index is 0.195. The maximum Gasteiger partial charge on any atom is 0.361 e. The Morgan fingerprint density at radius 3 is 2.22 bits per heavy atom.